The number of hydrogen-bond donors (Lipinski definition) is 1. The lowest BCUT2D eigenvalue weighted by Gasteiger charge is -1.96. The Morgan fingerprint density at radius 1 is 1.38 bits per heavy atom. The zero-order valence-electron chi connectivity index (χ0n) is 6.50. The van der Waals surface area contributed by atoms with E-state index in [1.165, 1.54) is 6.08 Å². The minimum absolute atomic E-state index is 0.256. The summed E-state index contributed by atoms with van der Waals surface area (Å²) < 4.78 is 0. The van der Waals surface area contributed by atoms with E-state index < -0.39 is 5.97 Å². The van der Waals surface area contributed by atoms with Crippen LogP contribution in [0.25, 0.3) is 6.08 Å². The molecule has 0 saturated carbocycles. The number of aliphatic carboxylic acids is 1. The van der Waals surface area contributed by atoms with Crippen LogP contribution in [0.4, 0.5) is 0 Å². The van der Waals surface area contributed by atoms with Gasteiger partial charge in [-0.15, -0.1) is 0 Å². The van der Waals surface area contributed by atoms with Crippen molar-refractivity contribution in [2.75, 3.05) is 0 Å². The Labute approximate surface area is 85.4 Å². The van der Waals surface area contributed by atoms with E-state index in [2.05, 4.69) is 0 Å². The van der Waals surface area contributed by atoms with Crippen LogP contribution in [0.1, 0.15) is 5.56 Å². The van der Waals surface area contributed by atoms with Gasteiger partial charge in [0.2, 0.25) is 0 Å². The summed E-state index contributed by atoms with van der Waals surface area (Å²) >= 11 is 11.2. The van der Waals surface area contributed by atoms with Gasteiger partial charge in [0.05, 0.1) is 0 Å². The van der Waals surface area contributed by atoms with E-state index in [0.717, 1.165) is 0 Å². The predicted octanol–water partition coefficient (Wildman–Crippen LogP) is 3.00. The van der Waals surface area contributed by atoms with Crippen LogP contribution >= 0.6 is 23.2 Å². The molecule has 0 fully saturated rings. The number of hydrogen-bond acceptors (Lipinski definition) is 1. The molecule has 0 atom stereocenters. The molecule has 0 amide bonds. The molecule has 13 heavy (non-hydrogen) atoms. The lowest BCUT2D eigenvalue weighted by molar-refractivity contribution is -0.131. The van der Waals surface area contributed by atoms with Gasteiger partial charge in [-0.2, -0.15) is 0 Å². The van der Waals surface area contributed by atoms with Crippen LogP contribution in [0.2, 0.25) is 5.02 Å². The third-order valence-corrected chi connectivity index (χ3v) is 2.01. The van der Waals surface area contributed by atoms with Crippen molar-refractivity contribution in [3.63, 3.8) is 0 Å². The van der Waals surface area contributed by atoms with Crippen molar-refractivity contribution in [1.29, 1.82) is 0 Å². The Morgan fingerprint density at radius 3 is 2.54 bits per heavy atom. The number of carboxylic acids is 1. The Hall–Kier alpha value is -0.990. The molecule has 0 bridgehead atoms. The topological polar surface area (TPSA) is 37.3 Å². The number of rotatable bonds is 2. The second kappa shape index (κ2) is 4.30. The summed E-state index contributed by atoms with van der Waals surface area (Å²) in [5, 5.41) is 8.71. The highest BCUT2D eigenvalue weighted by Gasteiger charge is 2.03. The molecule has 1 rings (SSSR count). The molecule has 0 unspecified atom stereocenters. The summed E-state index contributed by atoms with van der Waals surface area (Å²) in [6, 6.07) is 6.87. The van der Waals surface area contributed by atoms with Gasteiger partial charge in [0.1, 0.15) is 5.03 Å². The van der Waals surface area contributed by atoms with E-state index in [-0.39, 0.29) is 5.03 Å². The maximum Gasteiger partial charge on any atom is 0.347 e. The molecule has 0 radical (unpaired) electrons. The molecule has 0 heterocycles. The minimum Gasteiger partial charge on any atom is -0.477 e. The summed E-state index contributed by atoms with van der Waals surface area (Å²) in [5.74, 6) is -1.17. The Morgan fingerprint density at radius 2 is 2.00 bits per heavy atom. The van der Waals surface area contributed by atoms with Crippen LogP contribution < -0.4 is 0 Å². The van der Waals surface area contributed by atoms with Crippen molar-refractivity contribution >= 4 is 35.2 Å². The van der Waals surface area contributed by atoms with Crippen LogP contribution in [0.5, 0.6) is 0 Å². The lowest BCUT2D eigenvalue weighted by atomic mass is 10.2. The molecule has 0 aliphatic carbocycles. The molecule has 0 aromatic heterocycles. The summed E-state index contributed by atoms with van der Waals surface area (Å²) in [4.78, 5) is 10.4. The van der Waals surface area contributed by atoms with Crippen molar-refractivity contribution in [3.8, 4) is 0 Å². The molecule has 1 aromatic carbocycles. The molecule has 68 valence electrons. The lowest BCUT2D eigenvalue weighted by Crippen LogP contribution is -1.93. The fourth-order valence-corrected chi connectivity index (χ4v) is 1.10. The van der Waals surface area contributed by atoms with Gasteiger partial charge in [0, 0.05) is 5.02 Å². The van der Waals surface area contributed by atoms with Crippen LogP contribution in [0.15, 0.2) is 29.3 Å². The predicted molar refractivity (Wildman–Crippen MR) is 52.9 cm³/mol. The van der Waals surface area contributed by atoms with Gasteiger partial charge < -0.3 is 5.11 Å². The highest BCUT2D eigenvalue weighted by Crippen LogP contribution is 2.19. The zero-order valence-corrected chi connectivity index (χ0v) is 8.01. The molecule has 2 nitrogen and oxygen atoms in total. The summed E-state index contributed by atoms with van der Waals surface area (Å²) in [6.45, 7) is 0. The van der Waals surface area contributed by atoms with E-state index in [1.807, 2.05) is 0 Å². The van der Waals surface area contributed by atoms with Crippen molar-refractivity contribution in [3.05, 3.63) is 39.9 Å². The fraction of sp³-hybridized carbons (Fsp3) is 0. The third-order valence-electron chi connectivity index (χ3n) is 1.39. The number of carbonyl (C=O) groups is 1. The van der Waals surface area contributed by atoms with Gasteiger partial charge in [-0.05, 0) is 17.7 Å². The molecule has 0 saturated heterocycles. The average Bonchev–Trinajstić information content (AvgIpc) is 2.08. The number of benzene rings is 1. The standard InChI is InChI=1S/C9H6Cl2O2/c10-7-4-2-1-3-6(7)5-8(11)9(12)13/h1-5H,(H,12,13). The van der Waals surface area contributed by atoms with Crippen molar-refractivity contribution < 1.29 is 9.90 Å². The molecular weight excluding hydrogens is 211 g/mol. The average molecular weight is 217 g/mol. The van der Waals surface area contributed by atoms with Crippen LogP contribution in [-0.4, -0.2) is 11.1 Å². The Kier molecular flexibility index (Phi) is 3.34. The quantitative estimate of drug-likeness (QED) is 0.773. The molecule has 1 N–H and O–H groups in total. The van der Waals surface area contributed by atoms with Gasteiger partial charge in [-0.1, -0.05) is 41.4 Å². The highest BCUT2D eigenvalue weighted by molar-refractivity contribution is 6.43. The first kappa shape index (κ1) is 10.1. The monoisotopic (exact) mass is 216 g/mol. The highest BCUT2D eigenvalue weighted by atomic mass is 35.5. The zero-order chi connectivity index (χ0) is 9.84. The SMILES string of the molecule is O=C(O)C(Cl)=Cc1ccccc1Cl. The largest absolute Gasteiger partial charge is 0.477 e. The van der Waals surface area contributed by atoms with E-state index in [0.29, 0.717) is 10.6 Å². The molecule has 0 aliphatic heterocycles. The second-order valence-corrected chi connectivity index (χ2v) is 3.13. The second-order valence-electron chi connectivity index (χ2n) is 2.32. The number of carboxylic acid groups (broad SMARTS) is 1. The van der Waals surface area contributed by atoms with E-state index in [1.54, 1.807) is 24.3 Å². The fourth-order valence-electron chi connectivity index (χ4n) is 0.790. The van der Waals surface area contributed by atoms with Gasteiger partial charge >= 0.3 is 5.97 Å². The van der Waals surface area contributed by atoms with Crippen molar-refractivity contribution in [1.82, 2.24) is 0 Å². The third kappa shape index (κ3) is 2.76. The smallest absolute Gasteiger partial charge is 0.347 e. The summed E-state index contributed by atoms with van der Waals surface area (Å²) in [6.07, 6.45) is 1.31. The van der Waals surface area contributed by atoms with Gasteiger partial charge in [-0.3, -0.25) is 0 Å². The van der Waals surface area contributed by atoms with Crippen LogP contribution in [-0.2, 0) is 4.79 Å². The van der Waals surface area contributed by atoms with Gasteiger partial charge in [-0.25, -0.2) is 4.79 Å². The molecule has 4 heteroatoms. The molecule has 0 aliphatic rings. The first-order chi connectivity index (χ1) is 6.11. The summed E-state index contributed by atoms with van der Waals surface area (Å²) in [7, 11) is 0. The molecule has 1 aromatic rings. The summed E-state index contributed by atoms with van der Waals surface area (Å²) in [5.41, 5.74) is 0.594. The van der Waals surface area contributed by atoms with Crippen molar-refractivity contribution in [2.45, 2.75) is 0 Å². The Bertz CT molecular complexity index is 358. The maximum atomic E-state index is 10.4. The van der Waals surface area contributed by atoms with Gasteiger partial charge in [0.15, 0.2) is 0 Å². The Balaban J connectivity index is 3.04. The van der Waals surface area contributed by atoms with E-state index >= 15 is 0 Å². The molecule has 0 spiro atoms. The van der Waals surface area contributed by atoms with E-state index in [9.17, 15) is 4.79 Å². The number of halogens is 2. The van der Waals surface area contributed by atoms with Crippen LogP contribution in [0, 0.1) is 0 Å². The maximum absolute atomic E-state index is 10.4. The minimum atomic E-state index is -1.17. The van der Waals surface area contributed by atoms with E-state index in [4.69, 9.17) is 28.3 Å². The van der Waals surface area contributed by atoms with Gasteiger partial charge in [0.25, 0.3) is 0 Å². The van der Waals surface area contributed by atoms with Crippen LogP contribution in [0.3, 0.4) is 0 Å². The normalized spacial score (nSPS) is 11.4. The first-order valence-corrected chi connectivity index (χ1v) is 4.22. The first-order valence-electron chi connectivity index (χ1n) is 3.46. The molecular formula is C9H6Cl2O2. The van der Waals surface area contributed by atoms with Crippen molar-refractivity contribution in [2.24, 2.45) is 0 Å².